The molecule has 0 saturated carbocycles. The Morgan fingerprint density at radius 1 is 1.53 bits per heavy atom. The minimum Gasteiger partial charge on any atom is -0.380 e. The topological polar surface area (TPSA) is 29.5 Å². The molecule has 0 saturated heterocycles. The summed E-state index contributed by atoms with van der Waals surface area (Å²) in [6.07, 6.45) is 0. The molecule has 96 valence electrons. The van der Waals surface area contributed by atoms with E-state index in [1.54, 1.807) is 0 Å². The number of carbonyl (C=O) groups is 1. The Labute approximate surface area is 115 Å². The number of nitrogens with zero attached hydrogens (tertiary/aromatic N) is 1. The summed E-state index contributed by atoms with van der Waals surface area (Å²) >= 11 is 4.93. The third-order valence-corrected chi connectivity index (χ3v) is 4.57. The van der Waals surface area contributed by atoms with Crippen LogP contribution in [0.1, 0.15) is 29.1 Å². The summed E-state index contributed by atoms with van der Waals surface area (Å²) in [6, 6.07) is 1.93. The number of halogens is 1. The average Bonchev–Trinajstić information content (AvgIpc) is 2.65. The van der Waals surface area contributed by atoms with E-state index in [-0.39, 0.29) is 5.91 Å². The van der Waals surface area contributed by atoms with Gasteiger partial charge in [-0.05, 0) is 48.3 Å². The third kappa shape index (κ3) is 4.08. The number of hydrogen-bond donors (Lipinski definition) is 0. The Hall–Kier alpha value is -0.390. The molecule has 0 aliphatic heterocycles. The van der Waals surface area contributed by atoms with Crippen LogP contribution in [0.25, 0.3) is 0 Å². The molecular weight excluding hydrogens is 302 g/mol. The zero-order valence-corrected chi connectivity index (χ0v) is 12.9. The van der Waals surface area contributed by atoms with E-state index in [0.717, 1.165) is 14.2 Å². The molecule has 0 aliphatic carbocycles. The number of thiophene rings is 1. The number of hydrogen-bond acceptors (Lipinski definition) is 3. The lowest BCUT2D eigenvalue weighted by Gasteiger charge is -2.19. The molecule has 5 heteroatoms. The Kier molecular flexibility index (Phi) is 6.16. The zero-order valence-electron chi connectivity index (χ0n) is 10.5. The monoisotopic (exact) mass is 319 g/mol. The highest BCUT2D eigenvalue weighted by Gasteiger charge is 2.17. The van der Waals surface area contributed by atoms with Crippen LogP contribution in [0, 0.1) is 6.92 Å². The summed E-state index contributed by atoms with van der Waals surface area (Å²) in [7, 11) is 0. The van der Waals surface area contributed by atoms with Crippen molar-refractivity contribution in [2.24, 2.45) is 0 Å². The van der Waals surface area contributed by atoms with Crippen LogP contribution in [0.2, 0.25) is 0 Å². The zero-order chi connectivity index (χ0) is 12.8. The molecule has 3 nitrogen and oxygen atoms in total. The highest BCUT2D eigenvalue weighted by Crippen LogP contribution is 2.28. The van der Waals surface area contributed by atoms with Crippen LogP contribution in [-0.4, -0.2) is 37.1 Å². The van der Waals surface area contributed by atoms with Gasteiger partial charge in [0.05, 0.1) is 15.3 Å². The summed E-state index contributed by atoms with van der Waals surface area (Å²) in [4.78, 5) is 14.8. The van der Waals surface area contributed by atoms with E-state index in [2.05, 4.69) is 15.9 Å². The van der Waals surface area contributed by atoms with E-state index in [4.69, 9.17) is 4.74 Å². The van der Waals surface area contributed by atoms with Crippen molar-refractivity contribution in [3.63, 3.8) is 0 Å². The SMILES string of the molecule is CCOCCN(CC)C(=O)c1cc(C)c(Br)s1. The Morgan fingerprint density at radius 2 is 2.24 bits per heavy atom. The Morgan fingerprint density at radius 3 is 2.71 bits per heavy atom. The molecule has 1 aromatic heterocycles. The van der Waals surface area contributed by atoms with Gasteiger partial charge in [-0.2, -0.15) is 0 Å². The minimum atomic E-state index is 0.0889. The van der Waals surface area contributed by atoms with Gasteiger partial charge < -0.3 is 9.64 Å². The number of rotatable bonds is 6. The van der Waals surface area contributed by atoms with Crippen molar-refractivity contribution in [3.8, 4) is 0 Å². The van der Waals surface area contributed by atoms with E-state index in [1.807, 2.05) is 31.7 Å². The first-order valence-electron chi connectivity index (χ1n) is 5.73. The maximum absolute atomic E-state index is 12.2. The highest BCUT2D eigenvalue weighted by molar-refractivity contribution is 9.11. The number of carbonyl (C=O) groups excluding carboxylic acids is 1. The van der Waals surface area contributed by atoms with Crippen LogP contribution in [0.5, 0.6) is 0 Å². The fraction of sp³-hybridized carbons (Fsp3) is 0.583. The summed E-state index contributed by atoms with van der Waals surface area (Å²) in [5.41, 5.74) is 1.11. The number of aryl methyl sites for hydroxylation is 1. The first kappa shape index (κ1) is 14.7. The van der Waals surface area contributed by atoms with Gasteiger partial charge in [0.1, 0.15) is 0 Å². The van der Waals surface area contributed by atoms with Gasteiger partial charge >= 0.3 is 0 Å². The molecule has 0 aromatic carbocycles. The molecule has 17 heavy (non-hydrogen) atoms. The molecule has 0 radical (unpaired) electrons. The van der Waals surface area contributed by atoms with Crippen molar-refractivity contribution >= 4 is 33.2 Å². The third-order valence-electron chi connectivity index (χ3n) is 2.45. The molecule has 0 spiro atoms. The normalized spacial score (nSPS) is 10.6. The number of amides is 1. The lowest BCUT2D eigenvalue weighted by molar-refractivity contribution is 0.0673. The van der Waals surface area contributed by atoms with Crippen molar-refractivity contribution in [3.05, 3.63) is 20.3 Å². The predicted molar refractivity (Wildman–Crippen MR) is 74.8 cm³/mol. The molecule has 0 fully saturated rings. The van der Waals surface area contributed by atoms with E-state index >= 15 is 0 Å². The van der Waals surface area contributed by atoms with Crippen LogP contribution >= 0.6 is 27.3 Å². The molecule has 0 N–H and O–H groups in total. The van der Waals surface area contributed by atoms with E-state index in [0.29, 0.717) is 26.3 Å². The van der Waals surface area contributed by atoms with Gasteiger partial charge in [-0.1, -0.05) is 0 Å². The number of ether oxygens (including phenoxy) is 1. The first-order chi connectivity index (χ1) is 8.10. The van der Waals surface area contributed by atoms with E-state index in [9.17, 15) is 4.79 Å². The van der Waals surface area contributed by atoms with Crippen molar-refractivity contribution in [2.75, 3.05) is 26.3 Å². The summed E-state index contributed by atoms with van der Waals surface area (Å²) in [6.45, 7) is 8.58. The molecule has 0 atom stereocenters. The van der Waals surface area contributed by atoms with Crippen LogP contribution in [0.4, 0.5) is 0 Å². The average molecular weight is 320 g/mol. The molecule has 1 aromatic rings. The maximum Gasteiger partial charge on any atom is 0.264 e. The van der Waals surface area contributed by atoms with Crippen molar-refractivity contribution in [1.29, 1.82) is 0 Å². The van der Waals surface area contributed by atoms with Crippen LogP contribution in [0.3, 0.4) is 0 Å². The van der Waals surface area contributed by atoms with Crippen LogP contribution in [-0.2, 0) is 4.74 Å². The Bertz CT molecular complexity index is 359. The molecule has 0 unspecified atom stereocenters. The second kappa shape index (κ2) is 7.13. The summed E-state index contributed by atoms with van der Waals surface area (Å²) < 4.78 is 6.31. The Balaban J connectivity index is 2.65. The lowest BCUT2D eigenvalue weighted by atomic mass is 10.3. The summed E-state index contributed by atoms with van der Waals surface area (Å²) in [5.74, 6) is 0.0889. The van der Waals surface area contributed by atoms with Gasteiger partial charge in [0.2, 0.25) is 0 Å². The smallest absolute Gasteiger partial charge is 0.264 e. The van der Waals surface area contributed by atoms with E-state index in [1.165, 1.54) is 11.3 Å². The predicted octanol–water partition coefficient (Wildman–Crippen LogP) is 3.32. The van der Waals surface area contributed by atoms with Gasteiger partial charge in [-0.15, -0.1) is 11.3 Å². The maximum atomic E-state index is 12.2. The van der Waals surface area contributed by atoms with Gasteiger partial charge in [0.25, 0.3) is 5.91 Å². The number of likely N-dealkylation sites (N-methyl/N-ethyl adjacent to an activating group) is 1. The van der Waals surface area contributed by atoms with Crippen molar-refractivity contribution in [2.45, 2.75) is 20.8 Å². The van der Waals surface area contributed by atoms with Crippen molar-refractivity contribution in [1.82, 2.24) is 4.90 Å². The van der Waals surface area contributed by atoms with Crippen molar-refractivity contribution < 1.29 is 9.53 Å². The highest BCUT2D eigenvalue weighted by atomic mass is 79.9. The molecule has 1 heterocycles. The van der Waals surface area contributed by atoms with E-state index < -0.39 is 0 Å². The summed E-state index contributed by atoms with van der Waals surface area (Å²) in [5, 5.41) is 0. The van der Waals surface area contributed by atoms with Crippen LogP contribution in [0.15, 0.2) is 9.85 Å². The van der Waals surface area contributed by atoms with Gasteiger partial charge in [-0.25, -0.2) is 0 Å². The lowest BCUT2D eigenvalue weighted by Crippen LogP contribution is -2.33. The quantitative estimate of drug-likeness (QED) is 0.753. The van der Waals surface area contributed by atoms with Gasteiger partial charge in [0.15, 0.2) is 0 Å². The second-order valence-electron chi connectivity index (χ2n) is 3.65. The fourth-order valence-corrected chi connectivity index (χ4v) is 2.95. The first-order valence-corrected chi connectivity index (χ1v) is 7.34. The van der Waals surface area contributed by atoms with Gasteiger partial charge in [-0.3, -0.25) is 4.79 Å². The molecule has 1 rings (SSSR count). The largest absolute Gasteiger partial charge is 0.380 e. The second-order valence-corrected chi connectivity index (χ2v) is 6.02. The van der Waals surface area contributed by atoms with Gasteiger partial charge in [0, 0.05) is 19.7 Å². The standard InChI is InChI=1S/C12H18BrNO2S/c1-4-14(6-7-16-5-2)12(15)10-8-9(3)11(13)17-10/h8H,4-7H2,1-3H3. The molecule has 0 aliphatic rings. The minimum absolute atomic E-state index is 0.0889. The molecule has 0 bridgehead atoms. The van der Waals surface area contributed by atoms with Crippen LogP contribution < -0.4 is 0 Å². The molecule has 1 amide bonds. The molecular formula is C12H18BrNO2S. The fourth-order valence-electron chi connectivity index (χ4n) is 1.44.